The molecule has 0 radical (unpaired) electrons. The first-order chi connectivity index (χ1) is 12.4. The Labute approximate surface area is 152 Å². The van der Waals surface area contributed by atoms with E-state index in [2.05, 4.69) is 6.58 Å². The molecule has 0 N–H and O–H groups in total. The monoisotopic (exact) mass is 366 g/mol. The first-order valence-corrected chi connectivity index (χ1v) is 9.73. The van der Waals surface area contributed by atoms with E-state index in [1.807, 2.05) is 17.6 Å². The van der Waals surface area contributed by atoms with Gasteiger partial charge >= 0.3 is 0 Å². The summed E-state index contributed by atoms with van der Waals surface area (Å²) >= 11 is 0. The normalized spacial score (nSPS) is 16.7. The topological polar surface area (TPSA) is 59.4 Å². The fourth-order valence-corrected chi connectivity index (χ4v) is 4.86. The first kappa shape index (κ1) is 16.6. The Hall–Kier alpha value is -2.86. The fraction of sp³-hybridized carbons (Fsp3) is 0.150. The molecule has 0 fully saturated rings. The number of pyridine rings is 1. The minimum Gasteiger partial charge on any atom is -0.318 e. The van der Waals surface area contributed by atoms with Gasteiger partial charge in [0.05, 0.1) is 23.2 Å². The molecule has 0 saturated carbocycles. The number of anilines is 1. The first-order valence-electron chi connectivity index (χ1n) is 8.29. The van der Waals surface area contributed by atoms with Gasteiger partial charge in [-0.2, -0.15) is 0 Å². The van der Waals surface area contributed by atoms with E-state index in [1.54, 1.807) is 42.5 Å². The van der Waals surface area contributed by atoms with Crippen LogP contribution >= 0.6 is 0 Å². The number of aromatic nitrogens is 1. The van der Waals surface area contributed by atoms with Crippen molar-refractivity contribution in [3.8, 4) is 11.3 Å². The summed E-state index contributed by atoms with van der Waals surface area (Å²) in [6.07, 6.45) is 1.71. The van der Waals surface area contributed by atoms with Crippen LogP contribution in [0.1, 0.15) is 11.6 Å². The second-order valence-corrected chi connectivity index (χ2v) is 8.30. The fourth-order valence-electron chi connectivity index (χ4n) is 3.38. The summed E-state index contributed by atoms with van der Waals surface area (Å²) < 4.78 is 29.6. The van der Waals surface area contributed by atoms with Crippen molar-refractivity contribution in [2.75, 3.05) is 10.8 Å². The smallest absolute Gasteiger partial charge is 0.265 e. The third-order valence-corrected chi connectivity index (χ3v) is 6.53. The highest BCUT2D eigenvalue weighted by atomic mass is 32.2. The van der Waals surface area contributed by atoms with Gasteiger partial charge in [0, 0.05) is 6.07 Å². The van der Waals surface area contributed by atoms with Crippen LogP contribution in [0.25, 0.3) is 11.3 Å². The lowest BCUT2D eigenvalue weighted by Crippen LogP contribution is -2.29. The molecule has 4 rings (SSSR count). The second-order valence-electron chi connectivity index (χ2n) is 6.43. The van der Waals surface area contributed by atoms with Crippen LogP contribution in [0, 0.1) is 6.92 Å². The van der Waals surface area contributed by atoms with Crippen LogP contribution < -0.4 is 9.73 Å². The molecule has 2 heterocycles. The van der Waals surface area contributed by atoms with E-state index in [4.69, 9.17) is 0 Å². The van der Waals surface area contributed by atoms with Gasteiger partial charge in [-0.3, -0.25) is 4.79 Å². The predicted octanol–water partition coefficient (Wildman–Crippen LogP) is 3.20. The Kier molecular flexibility index (Phi) is 3.73. The Morgan fingerprint density at radius 2 is 1.77 bits per heavy atom. The van der Waals surface area contributed by atoms with Gasteiger partial charge in [0.15, 0.2) is 5.43 Å². The van der Waals surface area contributed by atoms with Crippen molar-refractivity contribution in [2.45, 2.75) is 17.9 Å². The maximum atomic E-state index is 13.2. The van der Waals surface area contributed by atoms with Crippen molar-refractivity contribution >= 4 is 15.8 Å². The lowest BCUT2D eigenvalue weighted by molar-refractivity contribution is 0.590. The Morgan fingerprint density at radius 1 is 1.08 bits per heavy atom. The number of nitrogens with zero attached hydrogens (tertiary/aromatic N) is 2. The van der Waals surface area contributed by atoms with Gasteiger partial charge in [-0.25, -0.2) is 12.7 Å². The lowest BCUT2D eigenvalue weighted by atomic mass is 10.1. The number of hydrogen-bond acceptors (Lipinski definition) is 3. The largest absolute Gasteiger partial charge is 0.318 e. The van der Waals surface area contributed by atoms with E-state index >= 15 is 0 Å². The van der Waals surface area contributed by atoms with E-state index in [0.717, 1.165) is 11.1 Å². The van der Waals surface area contributed by atoms with E-state index in [1.165, 1.54) is 16.4 Å². The zero-order valence-corrected chi connectivity index (χ0v) is 15.1. The summed E-state index contributed by atoms with van der Waals surface area (Å²) in [4.78, 5) is 12.1. The number of benzene rings is 2. The molecule has 3 aliphatic rings. The zero-order valence-electron chi connectivity index (χ0n) is 14.3. The molecule has 5 nitrogen and oxygen atoms in total. The van der Waals surface area contributed by atoms with Crippen LogP contribution in [0.3, 0.4) is 0 Å². The lowest BCUT2D eigenvalue weighted by Gasteiger charge is -2.20. The highest BCUT2D eigenvalue weighted by molar-refractivity contribution is 7.92. The molecule has 0 spiro atoms. The number of fused-ring (bicyclic) bond motifs is 3. The van der Waals surface area contributed by atoms with Crippen LogP contribution in [0.5, 0.6) is 0 Å². The van der Waals surface area contributed by atoms with Gasteiger partial charge in [0.1, 0.15) is 5.82 Å². The molecular weight excluding hydrogens is 348 g/mol. The molecule has 132 valence electrons. The average molecular weight is 366 g/mol. The molecule has 1 aromatic rings. The average Bonchev–Trinajstić information content (AvgIpc) is 3.02. The highest BCUT2D eigenvalue weighted by Crippen LogP contribution is 2.39. The van der Waals surface area contributed by atoms with E-state index in [0.29, 0.717) is 11.5 Å². The molecule has 0 bridgehead atoms. The number of sulfonamides is 1. The van der Waals surface area contributed by atoms with Gasteiger partial charge in [-0.15, -0.1) is 6.58 Å². The quantitative estimate of drug-likeness (QED) is 0.669. The minimum atomic E-state index is -3.70. The van der Waals surface area contributed by atoms with Crippen molar-refractivity contribution in [3.63, 3.8) is 0 Å². The highest BCUT2D eigenvalue weighted by Gasteiger charge is 2.36. The van der Waals surface area contributed by atoms with Gasteiger partial charge in [-0.1, -0.05) is 23.8 Å². The molecule has 1 aliphatic carbocycles. The van der Waals surface area contributed by atoms with E-state index < -0.39 is 10.0 Å². The molecule has 1 atom stereocenters. The second kappa shape index (κ2) is 5.85. The molecule has 1 aromatic carbocycles. The molecular formula is C20H18N2O3S. The molecule has 0 saturated heterocycles. The van der Waals surface area contributed by atoms with E-state index in [9.17, 15) is 13.2 Å². The van der Waals surface area contributed by atoms with Crippen molar-refractivity contribution in [2.24, 2.45) is 0 Å². The summed E-state index contributed by atoms with van der Waals surface area (Å²) in [5.74, 6) is 0.536. The van der Waals surface area contributed by atoms with Gasteiger partial charge in [0.2, 0.25) is 0 Å². The predicted molar refractivity (Wildman–Crippen MR) is 102 cm³/mol. The van der Waals surface area contributed by atoms with Crippen LogP contribution in [-0.4, -0.2) is 19.5 Å². The van der Waals surface area contributed by atoms with Crippen molar-refractivity contribution in [3.05, 3.63) is 83.0 Å². The molecule has 2 aliphatic heterocycles. The minimum absolute atomic E-state index is 0.110. The van der Waals surface area contributed by atoms with Crippen molar-refractivity contribution < 1.29 is 8.42 Å². The summed E-state index contributed by atoms with van der Waals surface area (Å²) in [6, 6.07) is 15.0. The third-order valence-electron chi connectivity index (χ3n) is 4.74. The number of hydrogen-bond donors (Lipinski definition) is 0. The van der Waals surface area contributed by atoms with Gasteiger partial charge in [-0.05, 0) is 48.9 Å². The summed E-state index contributed by atoms with van der Waals surface area (Å²) in [5, 5.41) is 0. The summed E-state index contributed by atoms with van der Waals surface area (Å²) in [6.45, 7) is 6.02. The number of rotatable bonds is 3. The van der Waals surface area contributed by atoms with Crippen LogP contribution in [0.15, 0.2) is 76.9 Å². The Morgan fingerprint density at radius 3 is 2.46 bits per heavy atom. The number of aryl methyl sites for hydroxylation is 1. The molecule has 0 aromatic heterocycles. The zero-order chi connectivity index (χ0) is 18.5. The molecule has 6 heteroatoms. The van der Waals surface area contributed by atoms with Crippen molar-refractivity contribution in [1.29, 1.82) is 0 Å². The van der Waals surface area contributed by atoms with Crippen LogP contribution in [0.4, 0.5) is 5.82 Å². The summed E-state index contributed by atoms with van der Waals surface area (Å²) in [5.41, 5.74) is 2.48. The van der Waals surface area contributed by atoms with Gasteiger partial charge < -0.3 is 4.57 Å². The van der Waals surface area contributed by atoms with Crippen LogP contribution in [-0.2, 0) is 10.0 Å². The summed E-state index contributed by atoms with van der Waals surface area (Å²) in [7, 11) is -3.70. The van der Waals surface area contributed by atoms with E-state index in [-0.39, 0.29) is 22.9 Å². The van der Waals surface area contributed by atoms with Crippen LogP contribution in [0.2, 0.25) is 0 Å². The Balaban J connectivity index is 1.93. The van der Waals surface area contributed by atoms with Crippen molar-refractivity contribution in [1.82, 2.24) is 4.57 Å². The molecule has 0 unspecified atom stereocenters. The maximum Gasteiger partial charge on any atom is 0.265 e. The van der Waals surface area contributed by atoms with Gasteiger partial charge in [0.25, 0.3) is 10.0 Å². The SMILES string of the molecule is C=C[C@@H]1CN(S(=O)(=O)c2ccc(C)cc2)c2ccc3ccc(=O)cc-3n21. The Bertz CT molecular complexity index is 1130. The third kappa shape index (κ3) is 2.45. The molecule has 0 amide bonds. The standard InChI is InChI=1S/C20H18N2O3S/c1-3-16-13-21(26(24,25)18-9-4-14(2)5-10-18)20-11-7-15-6-8-17(23)12-19(15)22(16)20/h3-12,16H,1,13H2,2H3/t16-/m1/s1. The molecule has 26 heavy (non-hydrogen) atoms. The maximum absolute atomic E-state index is 13.2.